The number of amides is 3. The first kappa shape index (κ1) is 16.3. The summed E-state index contributed by atoms with van der Waals surface area (Å²) in [5.74, 6) is 0.143. The molecule has 0 unspecified atom stereocenters. The van der Waals surface area contributed by atoms with Crippen molar-refractivity contribution in [3.63, 3.8) is 0 Å². The summed E-state index contributed by atoms with van der Waals surface area (Å²) in [5, 5.41) is 5.87. The molecule has 1 atom stereocenters. The predicted octanol–water partition coefficient (Wildman–Crippen LogP) is 2.03. The van der Waals surface area contributed by atoms with E-state index in [0.717, 1.165) is 5.56 Å². The van der Waals surface area contributed by atoms with Crippen LogP contribution in [-0.2, 0) is 11.3 Å². The van der Waals surface area contributed by atoms with Gasteiger partial charge in [0.1, 0.15) is 0 Å². The lowest BCUT2D eigenvalue weighted by molar-refractivity contribution is -0.132. The molecule has 0 spiro atoms. The van der Waals surface area contributed by atoms with Gasteiger partial charge in [-0.1, -0.05) is 17.7 Å². The molecule has 120 valence electrons. The van der Waals surface area contributed by atoms with Gasteiger partial charge in [-0.3, -0.25) is 4.79 Å². The molecule has 5 nitrogen and oxygen atoms in total. The van der Waals surface area contributed by atoms with E-state index in [4.69, 9.17) is 0 Å². The Morgan fingerprint density at radius 1 is 1.27 bits per heavy atom. The molecule has 0 aromatic heterocycles. The largest absolute Gasteiger partial charge is 0.344 e. The minimum Gasteiger partial charge on any atom is -0.344 e. The fraction of sp³-hybridized carbons (Fsp3) is 0.529. The zero-order valence-electron chi connectivity index (χ0n) is 13.8. The first-order valence-electron chi connectivity index (χ1n) is 7.72. The number of piperidine rings is 1. The molecule has 1 aliphatic rings. The molecule has 1 aliphatic heterocycles. The third-order valence-corrected chi connectivity index (χ3v) is 4.23. The van der Waals surface area contributed by atoms with Crippen LogP contribution in [0.15, 0.2) is 12.1 Å². The number of carbonyl (C=O) groups excluding carboxylic acids is 2. The van der Waals surface area contributed by atoms with Crippen LogP contribution in [0.5, 0.6) is 0 Å². The molecule has 2 N–H and O–H groups in total. The highest BCUT2D eigenvalue weighted by Gasteiger charge is 2.23. The number of urea groups is 1. The van der Waals surface area contributed by atoms with Crippen molar-refractivity contribution < 1.29 is 9.59 Å². The molecule has 1 fully saturated rings. The third-order valence-electron chi connectivity index (χ3n) is 4.23. The standard InChI is InChI=1S/C17H25N3O2/c1-11-7-12(2)15(13(3)8-11)9-18-17(22)19-14-5-6-16(21)20(4)10-14/h7-8,14H,5-6,9-10H2,1-4H3,(H2,18,19,22)/t14-/m1/s1. The third kappa shape index (κ3) is 4.00. The zero-order valence-corrected chi connectivity index (χ0v) is 13.8. The zero-order chi connectivity index (χ0) is 16.3. The molecular formula is C17H25N3O2. The van der Waals surface area contributed by atoms with Crippen molar-refractivity contribution >= 4 is 11.9 Å². The molecule has 1 aromatic carbocycles. The summed E-state index contributed by atoms with van der Waals surface area (Å²) in [6.45, 7) is 7.30. The number of likely N-dealkylation sites (tertiary alicyclic amines) is 1. The second-order valence-electron chi connectivity index (χ2n) is 6.21. The second kappa shape index (κ2) is 6.81. The van der Waals surface area contributed by atoms with E-state index in [1.165, 1.54) is 16.7 Å². The van der Waals surface area contributed by atoms with Gasteiger partial charge in [0.05, 0.1) is 0 Å². The fourth-order valence-electron chi connectivity index (χ4n) is 3.02. The van der Waals surface area contributed by atoms with Crippen LogP contribution in [0.25, 0.3) is 0 Å². The van der Waals surface area contributed by atoms with E-state index in [0.29, 0.717) is 25.9 Å². The van der Waals surface area contributed by atoms with Crippen molar-refractivity contribution in [3.8, 4) is 0 Å². The number of nitrogens with one attached hydrogen (secondary N) is 2. The van der Waals surface area contributed by atoms with Crippen LogP contribution in [0, 0.1) is 20.8 Å². The molecule has 1 aromatic rings. The van der Waals surface area contributed by atoms with E-state index in [-0.39, 0.29) is 18.0 Å². The Kier molecular flexibility index (Phi) is 5.06. The first-order valence-corrected chi connectivity index (χ1v) is 7.72. The Labute approximate surface area is 132 Å². The number of rotatable bonds is 3. The summed E-state index contributed by atoms with van der Waals surface area (Å²) >= 11 is 0. The van der Waals surface area contributed by atoms with E-state index in [9.17, 15) is 9.59 Å². The van der Waals surface area contributed by atoms with Gasteiger partial charge in [-0.25, -0.2) is 4.79 Å². The second-order valence-corrected chi connectivity index (χ2v) is 6.21. The van der Waals surface area contributed by atoms with Crippen LogP contribution in [0.1, 0.15) is 35.1 Å². The molecule has 2 rings (SSSR count). The lowest BCUT2D eigenvalue weighted by Gasteiger charge is -2.30. The Balaban J connectivity index is 1.87. The van der Waals surface area contributed by atoms with E-state index >= 15 is 0 Å². The maximum Gasteiger partial charge on any atom is 0.315 e. The van der Waals surface area contributed by atoms with Crippen molar-refractivity contribution in [2.24, 2.45) is 0 Å². The van der Waals surface area contributed by atoms with E-state index in [2.05, 4.69) is 43.5 Å². The summed E-state index contributed by atoms with van der Waals surface area (Å²) in [6.07, 6.45) is 1.21. The number of hydrogen-bond donors (Lipinski definition) is 2. The number of hydrogen-bond acceptors (Lipinski definition) is 2. The van der Waals surface area contributed by atoms with Gasteiger partial charge >= 0.3 is 6.03 Å². The highest BCUT2D eigenvalue weighted by Crippen LogP contribution is 2.16. The average Bonchev–Trinajstić information content (AvgIpc) is 2.41. The van der Waals surface area contributed by atoms with Crippen LogP contribution in [0.3, 0.4) is 0 Å². The molecule has 22 heavy (non-hydrogen) atoms. The van der Waals surface area contributed by atoms with Gasteiger partial charge in [0.25, 0.3) is 0 Å². The average molecular weight is 303 g/mol. The summed E-state index contributed by atoms with van der Waals surface area (Å²) in [5.41, 5.74) is 4.79. The molecule has 1 heterocycles. The normalized spacial score (nSPS) is 18.3. The molecule has 1 saturated heterocycles. The van der Waals surface area contributed by atoms with E-state index < -0.39 is 0 Å². The lowest BCUT2D eigenvalue weighted by Crippen LogP contribution is -2.51. The van der Waals surface area contributed by atoms with Crippen molar-refractivity contribution in [2.75, 3.05) is 13.6 Å². The van der Waals surface area contributed by atoms with Crippen molar-refractivity contribution in [1.29, 1.82) is 0 Å². The highest BCUT2D eigenvalue weighted by atomic mass is 16.2. The highest BCUT2D eigenvalue weighted by molar-refractivity contribution is 5.78. The van der Waals surface area contributed by atoms with Crippen LogP contribution < -0.4 is 10.6 Å². The maximum atomic E-state index is 12.0. The minimum atomic E-state index is -0.174. The van der Waals surface area contributed by atoms with Gasteiger partial charge in [0, 0.05) is 32.6 Å². The van der Waals surface area contributed by atoms with Crippen LogP contribution in [-0.4, -0.2) is 36.5 Å². The number of aryl methyl sites for hydroxylation is 3. The van der Waals surface area contributed by atoms with Gasteiger partial charge in [-0.15, -0.1) is 0 Å². The molecule has 3 amide bonds. The number of likely N-dealkylation sites (N-methyl/N-ethyl adjacent to an activating group) is 1. The minimum absolute atomic E-state index is 0.0305. The van der Waals surface area contributed by atoms with E-state index in [1.807, 2.05) is 0 Å². The van der Waals surface area contributed by atoms with E-state index in [1.54, 1.807) is 11.9 Å². The molecule has 0 bridgehead atoms. The van der Waals surface area contributed by atoms with Crippen molar-refractivity contribution in [3.05, 3.63) is 34.4 Å². The lowest BCUT2D eigenvalue weighted by atomic mass is 10.00. The Morgan fingerprint density at radius 2 is 1.91 bits per heavy atom. The summed E-state index contributed by atoms with van der Waals surface area (Å²) in [4.78, 5) is 25.1. The van der Waals surface area contributed by atoms with Crippen molar-refractivity contribution in [1.82, 2.24) is 15.5 Å². The smallest absolute Gasteiger partial charge is 0.315 e. The van der Waals surface area contributed by atoms with Gasteiger partial charge in [0.2, 0.25) is 5.91 Å². The predicted molar refractivity (Wildman–Crippen MR) is 86.7 cm³/mol. The Bertz CT molecular complexity index is 560. The quantitative estimate of drug-likeness (QED) is 0.897. The molecule has 0 aliphatic carbocycles. The van der Waals surface area contributed by atoms with Gasteiger partial charge in [-0.2, -0.15) is 0 Å². The summed E-state index contributed by atoms with van der Waals surface area (Å²) in [7, 11) is 1.77. The SMILES string of the molecule is Cc1cc(C)c(CNC(=O)N[C@@H]2CCC(=O)N(C)C2)c(C)c1. The summed E-state index contributed by atoms with van der Waals surface area (Å²) in [6, 6.07) is 4.11. The topological polar surface area (TPSA) is 61.4 Å². The van der Waals surface area contributed by atoms with Gasteiger partial charge in [0.15, 0.2) is 0 Å². The fourth-order valence-corrected chi connectivity index (χ4v) is 3.02. The molecular weight excluding hydrogens is 278 g/mol. The van der Waals surface area contributed by atoms with Crippen molar-refractivity contribution in [2.45, 2.75) is 46.2 Å². The van der Waals surface area contributed by atoms with Gasteiger partial charge < -0.3 is 15.5 Å². The monoisotopic (exact) mass is 303 g/mol. The number of nitrogens with zero attached hydrogens (tertiary/aromatic N) is 1. The first-order chi connectivity index (χ1) is 10.4. The number of carbonyl (C=O) groups is 2. The van der Waals surface area contributed by atoms with Crippen LogP contribution in [0.4, 0.5) is 4.79 Å². The van der Waals surface area contributed by atoms with Gasteiger partial charge in [-0.05, 0) is 43.9 Å². The molecule has 0 radical (unpaired) electrons. The summed E-state index contributed by atoms with van der Waals surface area (Å²) < 4.78 is 0. The van der Waals surface area contributed by atoms with Crippen LogP contribution >= 0.6 is 0 Å². The van der Waals surface area contributed by atoms with Crippen LogP contribution in [0.2, 0.25) is 0 Å². The number of benzene rings is 1. The molecule has 5 heteroatoms. The molecule has 0 saturated carbocycles. The maximum absolute atomic E-state index is 12.0. The Hall–Kier alpha value is -2.04. The Morgan fingerprint density at radius 3 is 2.50 bits per heavy atom.